The Bertz CT molecular complexity index is 933. The van der Waals surface area contributed by atoms with Crippen LogP contribution < -0.4 is 11.1 Å². The van der Waals surface area contributed by atoms with Gasteiger partial charge in [0.1, 0.15) is 5.83 Å². The van der Waals surface area contributed by atoms with Gasteiger partial charge in [0.15, 0.2) is 0 Å². The summed E-state index contributed by atoms with van der Waals surface area (Å²) in [5.74, 6) is -0.938. The normalized spacial score (nSPS) is 14.6. The summed E-state index contributed by atoms with van der Waals surface area (Å²) in [7, 11) is 0. The fourth-order valence-corrected chi connectivity index (χ4v) is 3.53. The average molecular weight is 353 g/mol. The first-order valence-electron chi connectivity index (χ1n) is 8.69. The lowest BCUT2D eigenvalue weighted by atomic mass is 9.89. The first-order chi connectivity index (χ1) is 12.3. The molecule has 0 spiro atoms. The van der Waals surface area contributed by atoms with E-state index >= 15 is 0 Å². The second-order valence-corrected chi connectivity index (χ2v) is 6.79. The predicted octanol–water partition coefficient (Wildman–Crippen LogP) is 3.52. The van der Waals surface area contributed by atoms with Crippen LogP contribution in [0.4, 0.5) is 4.39 Å². The van der Waals surface area contributed by atoms with Crippen molar-refractivity contribution in [2.24, 2.45) is 5.73 Å². The van der Waals surface area contributed by atoms with Crippen LogP contribution in [0.1, 0.15) is 46.1 Å². The quantitative estimate of drug-likeness (QED) is 0.736. The van der Waals surface area contributed by atoms with Gasteiger partial charge in [-0.3, -0.25) is 4.79 Å². The van der Waals surface area contributed by atoms with E-state index in [1.165, 1.54) is 18.1 Å². The standard InChI is InChI=1S/C21H24FN3O/c1-11-14(4)25-20(12(2)21(23)26)18(11)19(13(3)22)16-6-5-15-7-8-24-10-17(15)9-16/h5-6,9,24-25H,2,7-8,10H2,1,3-4H3,(H2,23,26)/b19-13+. The van der Waals surface area contributed by atoms with E-state index in [0.717, 1.165) is 36.3 Å². The molecule has 0 radical (unpaired) electrons. The van der Waals surface area contributed by atoms with Crippen LogP contribution >= 0.6 is 0 Å². The molecular formula is C21H24FN3O. The number of aryl methyl sites for hydroxylation is 1. The molecule has 26 heavy (non-hydrogen) atoms. The van der Waals surface area contributed by atoms with Crippen molar-refractivity contribution in [1.82, 2.24) is 10.3 Å². The molecule has 5 heteroatoms. The van der Waals surface area contributed by atoms with Gasteiger partial charge in [-0.15, -0.1) is 0 Å². The highest BCUT2D eigenvalue weighted by atomic mass is 19.1. The summed E-state index contributed by atoms with van der Waals surface area (Å²) in [5, 5.41) is 3.34. The lowest BCUT2D eigenvalue weighted by Gasteiger charge is -2.19. The zero-order valence-electron chi connectivity index (χ0n) is 15.4. The maximum absolute atomic E-state index is 14.7. The van der Waals surface area contributed by atoms with Crippen LogP contribution in [0.2, 0.25) is 0 Å². The van der Waals surface area contributed by atoms with Gasteiger partial charge in [-0.2, -0.15) is 0 Å². The van der Waals surface area contributed by atoms with Gasteiger partial charge >= 0.3 is 0 Å². The Kier molecular flexibility index (Phi) is 4.83. The molecule has 1 aliphatic heterocycles. The van der Waals surface area contributed by atoms with E-state index in [4.69, 9.17) is 5.73 Å². The molecule has 0 atom stereocenters. The van der Waals surface area contributed by atoms with Crippen LogP contribution in [0.5, 0.6) is 0 Å². The topological polar surface area (TPSA) is 70.9 Å². The number of carbonyl (C=O) groups is 1. The third kappa shape index (κ3) is 3.10. The van der Waals surface area contributed by atoms with Gasteiger partial charge < -0.3 is 16.0 Å². The molecule has 4 nitrogen and oxygen atoms in total. The number of H-pyrrole nitrogens is 1. The molecule has 0 saturated heterocycles. The molecule has 0 unspecified atom stereocenters. The van der Waals surface area contributed by atoms with Gasteiger partial charge in [-0.05, 0) is 62.1 Å². The average Bonchev–Trinajstić information content (AvgIpc) is 2.89. The fourth-order valence-electron chi connectivity index (χ4n) is 3.53. The lowest BCUT2D eigenvalue weighted by Crippen LogP contribution is -2.23. The van der Waals surface area contributed by atoms with Gasteiger partial charge in [0.25, 0.3) is 0 Å². The minimum absolute atomic E-state index is 0.148. The van der Waals surface area contributed by atoms with E-state index in [9.17, 15) is 9.18 Å². The van der Waals surface area contributed by atoms with Gasteiger partial charge in [0.2, 0.25) is 5.91 Å². The van der Waals surface area contributed by atoms with E-state index in [1.807, 2.05) is 26.0 Å². The van der Waals surface area contributed by atoms with Crippen molar-refractivity contribution in [2.45, 2.75) is 33.7 Å². The Morgan fingerprint density at radius 2 is 2.00 bits per heavy atom. The molecule has 1 aromatic carbocycles. The van der Waals surface area contributed by atoms with Crippen LogP contribution in [-0.2, 0) is 17.8 Å². The number of rotatable bonds is 4. The number of benzene rings is 1. The number of amides is 1. The van der Waals surface area contributed by atoms with Crippen LogP contribution in [-0.4, -0.2) is 17.4 Å². The van der Waals surface area contributed by atoms with Crippen molar-refractivity contribution in [2.75, 3.05) is 6.54 Å². The van der Waals surface area contributed by atoms with Crippen molar-refractivity contribution in [3.63, 3.8) is 0 Å². The van der Waals surface area contributed by atoms with E-state index in [0.29, 0.717) is 16.8 Å². The van der Waals surface area contributed by atoms with Gasteiger partial charge in [-0.1, -0.05) is 18.7 Å². The Balaban J connectivity index is 2.21. The zero-order chi connectivity index (χ0) is 19.0. The van der Waals surface area contributed by atoms with Crippen molar-refractivity contribution >= 4 is 17.1 Å². The molecule has 2 heterocycles. The van der Waals surface area contributed by atoms with E-state index in [2.05, 4.69) is 22.9 Å². The number of primary amides is 1. The number of aromatic amines is 1. The summed E-state index contributed by atoms with van der Waals surface area (Å²) in [6.45, 7) is 10.7. The summed E-state index contributed by atoms with van der Waals surface area (Å²) >= 11 is 0. The lowest BCUT2D eigenvalue weighted by molar-refractivity contribution is -0.112. The summed E-state index contributed by atoms with van der Waals surface area (Å²) in [6.07, 6.45) is 0.968. The third-order valence-corrected chi connectivity index (χ3v) is 5.08. The number of allylic oxidation sites excluding steroid dienone is 1. The largest absolute Gasteiger partial charge is 0.366 e. The van der Waals surface area contributed by atoms with Gasteiger partial charge in [-0.25, -0.2) is 4.39 Å². The Morgan fingerprint density at radius 3 is 2.65 bits per heavy atom. The number of nitrogens with two attached hydrogens (primary N) is 1. The number of hydrogen-bond acceptors (Lipinski definition) is 2. The minimum atomic E-state index is -0.627. The van der Waals surface area contributed by atoms with Crippen molar-refractivity contribution < 1.29 is 9.18 Å². The molecule has 1 aliphatic rings. The molecule has 2 aromatic rings. The number of nitrogens with one attached hydrogen (secondary N) is 2. The van der Waals surface area contributed by atoms with Crippen molar-refractivity contribution in [3.8, 4) is 0 Å². The third-order valence-electron chi connectivity index (χ3n) is 5.08. The molecule has 4 N–H and O–H groups in total. The molecule has 1 aromatic heterocycles. The second kappa shape index (κ2) is 6.92. The maximum atomic E-state index is 14.7. The summed E-state index contributed by atoms with van der Waals surface area (Å²) < 4.78 is 14.7. The van der Waals surface area contributed by atoms with E-state index in [-0.39, 0.29) is 11.4 Å². The number of aromatic nitrogens is 1. The molecular weight excluding hydrogens is 329 g/mol. The van der Waals surface area contributed by atoms with Gasteiger partial charge in [0.05, 0.1) is 11.3 Å². The first kappa shape index (κ1) is 18.1. The molecule has 0 fully saturated rings. The molecule has 136 valence electrons. The zero-order valence-corrected chi connectivity index (χ0v) is 15.4. The van der Waals surface area contributed by atoms with E-state index < -0.39 is 5.91 Å². The monoisotopic (exact) mass is 353 g/mol. The maximum Gasteiger partial charge on any atom is 0.250 e. The highest BCUT2D eigenvalue weighted by Gasteiger charge is 2.23. The van der Waals surface area contributed by atoms with Crippen molar-refractivity contribution in [3.05, 3.63) is 69.8 Å². The molecule has 0 bridgehead atoms. The Morgan fingerprint density at radius 1 is 1.27 bits per heavy atom. The molecule has 3 rings (SSSR count). The fraction of sp³-hybridized carbons (Fsp3) is 0.286. The van der Waals surface area contributed by atoms with Crippen molar-refractivity contribution in [1.29, 1.82) is 0 Å². The first-order valence-corrected chi connectivity index (χ1v) is 8.69. The summed E-state index contributed by atoms with van der Waals surface area (Å²) in [6, 6.07) is 6.03. The SMILES string of the molecule is C=C(C(N)=O)c1[nH]c(C)c(C)c1/C(=C(\C)F)c1ccc2c(c1)CNCC2. The van der Waals surface area contributed by atoms with Crippen LogP contribution in [0.3, 0.4) is 0 Å². The number of halogens is 1. The highest BCUT2D eigenvalue weighted by Crippen LogP contribution is 2.37. The van der Waals surface area contributed by atoms with Crippen LogP contribution in [0.15, 0.2) is 30.6 Å². The predicted molar refractivity (Wildman–Crippen MR) is 103 cm³/mol. The smallest absolute Gasteiger partial charge is 0.250 e. The highest BCUT2D eigenvalue weighted by molar-refractivity contribution is 6.19. The Labute approximate surface area is 153 Å². The van der Waals surface area contributed by atoms with E-state index in [1.54, 1.807) is 0 Å². The summed E-state index contributed by atoms with van der Waals surface area (Å²) in [5.41, 5.74) is 12.2. The minimum Gasteiger partial charge on any atom is -0.366 e. The Hall–Kier alpha value is -2.66. The summed E-state index contributed by atoms with van der Waals surface area (Å²) in [4.78, 5) is 14.8. The molecule has 0 saturated carbocycles. The van der Waals surface area contributed by atoms with Gasteiger partial charge in [0, 0.05) is 23.4 Å². The number of hydrogen-bond donors (Lipinski definition) is 3. The molecule has 1 amide bonds. The van der Waals surface area contributed by atoms with Crippen LogP contribution in [0, 0.1) is 13.8 Å². The molecule has 0 aliphatic carbocycles. The second-order valence-electron chi connectivity index (χ2n) is 6.79. The van der Waals surface area contributed by atoms with Crippen LogP contribution in [0.25, 0.3) is 11.1 Å². The number of fused-ring (bicyclic) bond motifs is 1. The number of carbonyl (C=O) groups excluding carboxylic acids is 1.